The van der Waals surface area contributed by atoms with E-state index in [0.717, 1.165) is 11.0 Å². The molecular weight excluding hydrogens is 465 g/mol. The van der Waals surface area contributed by atoms with Crippen LogP contribution < -0.4 is 10.2 Å². The van der Waals surface area contributed by atoms with E-state index < -0.39 is 52.9 Å². The molecule has 1 aliphatic rings. The fourth-order valence-corrected chi connectivity index (χ4v) is 3.54. The van der Waals surface area contributed by atoms with Gasteiger partial charge in [0, 0.05) is 0 Å². The molecule has 0 spiro atoms. The number of halogens is 3. The third-order valence-corrected chi connectivity index (χ3v) is 5.42. The molecule has 1 atom stereocenters. The van der Waals surface area contributed by atoms with Gasteiger partial charge in [0.15, 0.2) is 23.6 Å². The molecule has 0 aliphatic carbocycles. The van der Waals surface area contributed by atoms with Crippen LogP contribution in [0.2, 0.25) is 0 Å². The summed E-state index contributed by atoms with van der Waals surface area (Å²) in [5.74, 6) is -7.93. The number of ether oxygens (including phenoxy) is 1. The van der Waals surface area contributed by atoms with Crippen LogP contribution in [0.1, 0.15) is 43.6 Å². The smallest absolute Gasteiger partial charge is 0.338 e. The van der Waals surface area contributed by atoms with E-state index in [1.54, 1.807) is 31.2 Å². The zero-order valence-corrected chi connectivity index (χ0v) is 18.4. The number of para-hydroxylation sites is 1. The molecule has 1 aliphatic heterocycles. The van der Waals surface area contributed by atoms with Gasteiger partial charge in [-0.3, -0.25) is 14.4 Å². The van der Waals surface area contributed by atoms with E-state index in [1.807, 2.05) is 5.32 Å². The molecule has 0 radical (unpaired) electrons. The van der Waals surface area contributed by atoms with Gasteiger partial charge in [-0.05, 0) is 55.8 Å². The summed E-state index contributed by atoms with van der Waals surface area (Å²) in [6.45, 7) is 2.94. The molecule has 3 amide bonds. The van der Waals surface area contributed by atoms with Gasteiger partial charge in [-0.1, -0.05) is 18.2 Å². The summed E-state index contributed by atoms with van der Waals surface area (Å²) in [5, 5.41) is 2.02. The van der Waals surface area contributed by atoms with Crippen molar-refractivity contribution in [1.82, 2.24) is 0 Å². The van der Waals surface area contributed by atoms with Crippen molar-refractivity contribution in [3.63, 3.8) is 0 Å². The number of imide groups is 1. The molecule has 7 nitrogen and oxygen atoms in total. The molecule has 10 heteroatoms. The second-order valence-electron chi connectivity index (χ2n) is 7.75. The highest BCUT2D eigenvalue weighted by Crippen LogP contribution is 2.31. The summed E-state index contributed by atoms with van der Waals surface area (Å²) >= 11 is 0. The van der Waals surface area contributed by atoms with Crippen LogP contribution in [0.15, 0.2) is 54.6 Å². The monoisotopic (exact) mass is 482 g/mol. The van der Waals surface area contributed by atoms with Crippen molar-refractivity contribution in [2.24, 2.45) is 0 Å². The average Bonchev–Trinajstić information content (AvgIpc) is 3.09. The Kier molecular flexibility index (Phi) is 6.12. The van der Waals surface area contributed by atoms with Gasteiger partial charge < -0.3 is 10.1 Å². The van der Waals surface area contributed by atoms with Crippen molar-refractivity contribution in [3.05, 3.63) is 94.3 Å². The Bertz CT molecular complexity index is 1410. The molecule has 0 fully saturated rings. The van der Waals surface area contributed by atoms with Crippen LogP contribution in [-0.2, 0) is 9.53 Å². The summed E-state index contributed by atoms with van der Waals surface area (Å²) in [5.41, 5.74) is 0.490. The number of rotatable bonds is 5. The number of carbonyl (C=O) groups is 4. The SMILES string of the molecule is Cc1ccccc1N1C(=O)c2ccc(C(=O)OC(C)C(=O)Nc3ccc(F)c(F)c3F)cc2C1=O. The largest absolute Gasteiger partial charge is 0.449 e. The summed E-state index contributed by atoms with van der Waals surface area (Å²) in [6, 6.07) is 12.1. The van der Waals surface area contributed by atoms with Crippen molar-refractivity contribution in [2.75, 3.05) is 10.2 Å². The molecule has 3 aromatic carbocycles. The van der Waals surface area contributed by atoms with E-state index in [0.29, 0.717) is 17.3 Å². The van der Waals surface area contributed by atoms with Crippen LogP contribution >= 0.6 is 0 Å². The maximum Gasteiger partial charge on any atom is 0.338 e. The third-order valence-electron chi connectivity index (χ3n) is 5.42. The van der Waals surface area contributed by atoms with Gasteiger partial charge in [0.05, 0.1) is 28.1 Å². The number of esters is 1. The number of nitrogens with one attached hydrogen (secondary N) is 1. The van der Waals surface area contributed by atoms with E-state index in [4.69, 9.17) is 4.74 Å². The highest BCUT2D eigenvalue weighted by Gasteiger charge is 2.38. The summed E-state index contributed by atoms with van der Waals surface area (Å²) in [7, 11) is 0. The van der Waals surface area contributed by atoms with Gasteiger partial charge in [-0.2, -0.15) is 0 Å². The lowest BCUT2D eigenvalue weighted by molar-refractivity contribution is -0.123. The van der Waals surface area contributed by atoms with Gasteiger partial charge >= 0.3 is 5.97 Å². The number of anilines is 2. The molecule has 0 aromatic heterocycles. The first-order valence-corrected chi connectivity index (χ1v) is 10.3. The van der Waals surface area contributed by atoms with Crippen LogP contribution in [0, 0.1) is 24.4 Å². The second-order valence-corrected chi connectivity index (χ2v) is 7.75. The first-order chi connectivity index (χ1) is 16.6. The maximum absolute atomic E-state index is 13.8. The van der Waals surface area contributed by atoms with E-state index in [-0.39, 0.29) is 16.7 Å². The van der Waals surface area contributed by atoms with Crippen LogP contribution in [0.3, 0.4) is 0 Å². The standard InChI is InChI=1S/C25H17F3N2O5/c1-12-5-3-4-6-19(12)30-23(32)15-8-7-14(11-16(15)24(30)33)25(34)35-13(2)22(31)29-18-10-9-17(26)20(27)21(18)28/h3-11,13H,1-2H3,(H,29,31). The molecule has 1 heterocycles. The topological polar surface area (TPSA) is 92.8 Å². The molecule has 0 saturated carbocycles. The van der Waals surface area contributed by atoms with Crippen molar-refractivity contribution in [2.45, 2.75) is 20.0 Å². The lowest BCUT2D eigenvalue weighted by atomic mass is 10.1. The summed E-state index contributed by atoms with van der Waals surface area (Å²) in [6.07, 6.45) is -1.45. The minimum absolute atomic E-state index is 0.00586. The number of nitrogens with zero attached hydrogens (tertiary/aromatic N) is 1. The van der Waals surface area contributed by atoms with Crippen molar-refractivity contribution in [3.8, 4) is 0 Å². The number of amides is 3. The lowest BCUT2D eigenvalue weighted by Crippen LogP contribution is -2.30. The molecule has 178 valence electrons. The lowest BCUT2D eigenvalue weighted by Gasteiger charge is -2.16. The zero-order valence-electron chi connectivity index (χ0n) is 18.4. The number of carbonyl (C=O) groups excluding carboxylic acids is 4. The summed E-state index contributed by atoms with van der Waals surface area (Å²) in [4.78, 5) is 51.6. The fraction of sp³-hybridized carbons (Fsp3) is 0.120. The number of benzene rings is 3. The van der Waals surface area contributed by atoms with Crippen LogP contribution in [-0.4, -0.2) is 29.8 Å². The first kappa shape index (κ1) is 23.7. The Morgan fingerprint density at radius 2 is 1.60 bits per heavy atom. The summed E-state index contributed by atoms with van der Waals surface area (Å²) < 4.78 is 45.3. The molecule has 4 rings (SSSR count). The Balaban J connectivity index is 1.50. The molecule has 1 unspecified atom stereocenters. The predicted octanol–water partition coefficient (Wildman–Crippen LogP) is 4.40. The third kappa shape index (κ3) is 4.25. The number of fused-ring (bicyclic) bond motifs is 1. The second kappa shape index (κ2) is 9.05. The van der Waals surface area contributed by atoms with E-state index in [1.165, 1.54) is 25.1 Å². The first-order valence-electron chi connectivity index (χ1n) is 10.3. The number of aryl methyl sites for hydroxylation is 1. The van der Waals surface area contributed by atoms with Crippen LogP contribution in [0.25, 0.3) is 0 Å². The van der Waals surface area contributed by atoms with Crippen molar-refractivity contribution in [1.29, 1.82) is 0 Å². The molecule has 1 N–H and O–H groups in total. The molecular formula is C25H17F3N2O5. The minimum Gasteiger partial charge on any atom is -0.449 e. The normalized spacial score (nSPS) is 13.5. The Morgan fingerprint density at radius 3 is 2.31 bits per heavy atom. The minimum atomic E-state index is -1.76. The quantitative estimate of drug-likeness (QED) is 0.331. The van der Waals surface area contributed by atoms with E-state index in [9.17, 15) is 32.3 Å². The molecule has 0 saturated heterocycles. The van der Waals surface area contributed by atoms with Crippen molar-refractivity contribution < 1.29 is 37.1 Å². The van der Waals surface area contributed by atoms with Gasteiger partial charge in [-0.15, -0.1) is 0 Å². The maximum atomic E-state index is 13.8. The van der Waals surface area contributed by atoms with E-state index in [2.05, 4.69) is 0 Å². The highest BCUT2D eigenvalue weighted by molar-refractivity contribution is 6.35. The Labute approximate surface area is 197 Å². The van der Waals surface area contributed by atoms with Gasteiger partial charge in [-0.25, -0.2) is 22.9 Å². The van der Waals surface area contributed by atoms with Gasteiger partial charge in [0.2, 0.25) is 0 Å². The molecule has 3 aromatic rings. The van der Waals surface area contributed by atoms with Gasteiger partial charge in [0.1, 0.15) is 0 Å². The molecule has 35 heavy (non-hydrogen) atoms. The van der Waals surface area contributed by atoms with Crippen LogP contribution in [0.4, 0.5) is 24.5 Å². The highest BCUT2D eigenvalue weighted by atomic mass is 19.2. The van der Waals surface area contributed by atoms with Gasteiger partial charge in [0.25, 0.3) is 17.7 Å². The Morgan fingerprint density at radius 1 is 0.914 bits per heavy atom. The van der Waals surface area contributed by atoms with Crippen molar-refractivity contribution >= 4 is 35.1 Å². The van der Waals surface area contributed by atoms with Crippen LogP contribution in [0.5, 0.6) is 0 Å². The van der Waals surface area contributed by atoms with E-state index >= 15 is 0 Å². The Hall–Kier alpha value is -4.47. The number of hydrogen-bond acceptors (Lipinski definition) is 5. The average molecular weight is 482 g/mol. The fourth-order valence-electron chi connectivity index (χ4n) is 3.54. The predicted molar refractivity (Wildman–Crippen MR) is 119 cm³/mol. The zero-order chi connectivity index (χ0) is 25.4. The number of hydrogen-bond donors (Lipinski definition) is 1. The molecule has 0 bridgehead atoms.